The Hall–Kier alpha value is -7.43. The van der Waals surface area contributed by atoms with Gasteiger partial charge in [0.2, 0.25) is 5.89 Å². The first kappa shape index (κ1) is 32.2. The molecular formula is C51H35N3O. The van der Waals surface area contributed by atoms with Crippen LogP contribution in [0, 0.1) is 0 Å². The zero-order chi connectivity index (χ0) is 36.6. The lowest BCUT2D eigenvalue weighted by Crippen LogP contribution is -2.17. The highest BCUT2D eigenvalue weighted by Crippen LogP contribution is 2.47. The van der Waals surface area contributed by atoms with Crippen LogP contribution < -0.4 is 9.80 Å². The lowest BCUT2D eigenvalue weighted by Gasteiger charge is -2.33. The molecule has 0 spiro atoms. The van der Waals surface area contributed by atoms with E-state index in [0.29, 0.717) is 5.89 Å². The number of hydrogen-bond donors (Lipinski definition) is 0. The monoisotopic (exact) mass is 705 g/mol. The number of oxazole rings is 1. The van der Waals surface area contributed by atoms with E-state index in [2.05, 4.69) is 192 Å². The summed E-state index contributed by atoms with van der Waals surface area (Å²) in [5, 5.41) is 4.38. The van der Waals surface area contributed by atoms with Gasteiger partial charge in [0.25, 0.3) is 0 Å². The van der Waals surface area contributed by atoms with E-state index in [4.69, 9.17) is 9.40 Å². The quantitative estimate of drug-likeness (QED) is 0.147. The summed E-state index contributed by atoms with van der Waals surface area (Å²) >= 11 is 0. The summed E-state index contributed by atoms with van der Waals surface area (Å²) in [6.45, 7) is 0. The molecule has 0 atom stereocenters. The van der Waals surface area contributed by atoms with Gasteiger partial charge < -0.3 is 14.2 Å². The van der Waals surface area contributed by atoms with Gasteiger partial charge in [-0.05, 0) is 106 Å². The molecule has 0 saturated carbocycles. The molecule has 0 bridgehead atoms. The summed E-state index contributed by atoms with van der Waals surface area (Å²) in [5.74, 6) is 0.617. The van der Waals surface area contributed by atoms with Gasteiger partial charge in [-0.3, -0.25) is 0 Å². The SMILES string of the molecule is c1ccc(-c2cccc(N(c3ccc4ccc5ccc6nc(-c7ccccc7)oc6c5c4c3)c3ccccc3N(c3ccccc3)c3ccccc3)c2)cc1. The van der Waals surface area contributed by atoms with Gasteiger partial charge in [0, 0.05) is 33.7 Å². The van der Waals surface area contributed by atoms with E-state index in [-0.39, 0.29) is 0 Å². The fourth-order valence-electron chi connectivity index (χ4n) is 7.66. The van der Waals surface area contributed by atoms with Crippen molar-refractivity contribution in [2.24, 2.45) is 0 Å². The maximum atomic E-state index is 6.63. The molecule has 0 aliphatic rings. The molecular weight excluding hydrogens is 671 g/mol. The maximum absolute atomic E-state index is 6.63. The van der Waals surface area contributed by atoms with Crippen LogP contribution in [0.1, 0.15) is 0 Å². The van der Waals surface area contributed by atoms with Crippen LogP contribution in [0.2, 0.25) is 0 Å². The summed E-state index contributed by atoms with van der Waals surface area (Å²) in [6.07, 6.45) is 0. The van der Waals surface area contributed by atoms with Crippen LogP contribution in [0.4, 0.5) is 34.1 Å². The minimum atomic E-state index is 0.617. The van der Waals surface area contributed by atoms with Crippen LogP contribution in [0.3, 0.4) is 0 Å². The zero-order valence-electron chi connectivity index (χ0n) is 30.0. The molecule has 0 saturated heterocycles. The molecule has 1 heterocycles. The van der Waals surface area contributed by atoms with Crippen molar-refractivity contribution in [3.05, 3.63) is 212 Å². The predicted octanol–water partition coefficient (Wildman–Crippen LogP) is 14.4. The highest BCUT2D eigenvalue weighted by molar-refractivity contribution is 6.18. The molecule has 10 aromatic rings. The van der Waals surface area contributed by atoms with Gasteiger partial charge in [0.05, 0.1) is 11.4 Å². The van der Waals surface area contributed by atoms with Gasteiger partial charge in [-0.25, -0.2) is 4.98 Å². The molecule has 1 aromatic heterocycles. The zero-order valence-corrected chi connectivity index (χ0v) is 30.0. The van der Waals surface area contributed by atoms with Crippen LogP contribution in [0.5, 0.6) is 0 Å². The third-order valence-corrected chi connectivity index (χ3v) is 10.2. The van der Waals surface area contributed by atoms with Gasteiger partial charge in [-0.1, -0.05) is 133 Å². The van der Waals surface area contributed by atoms with Crippen molar-refractivity contribution < 1.29 is 4.42 Å². The molecule has 9 aromatic carbocycles. The molecule has 55 heavy (non-hydrogen) atoms. The van der Waals surface area contributed by atoms with Gasteiger partial charge in [0.1, 0.15) is 5.52 Å². The number of nitrogens with zero attached hydrogens (tertiary/aromatic N) is 3. The Morgan fingerprint density at radius 3 is 1.53 bits per heavy atom. The van der Waals surface area contributed by atoms with Crippen LogP contribution in [0.25, 0.3) is 55.2 Å². The number of aromatic nitrogens is 1. The van der Waals surface area contributed by atoms with E-state index in [9.17, 15) is 0 Å². The molecule has 0 amide bonds. The summed E-state index contributed by atoms with van der Waals surface area (Å²) in [4.78, 5) is 9.66. The molecule has 260 valence electrons. The average molecular weight is 706 g/mol. The summed E-state index contributed by atoms with van der Waals surface area (Å²) in [7, 11) is 0. The second-order valence-electron chi connectivity index (χ2n) is 13.6. The van der Waals surface area contributed by atoms with Crippen molar-refractivity contribution in [1.82, 2.24) is 4.98 Å². The Morgan fingerprint density at radius 2 is 0.855 bits per heavy atom. The van der Waals surface area contributed by atoms with Crippen molar-refractivity contribution in [2.75, 3.05) is 9.80 Å². The van der Waals surface area contributed by atoms with Crippen molar-refractivity contribution in [1.29, 1.82) is 0 Å². The van der Waals surface area contributed by atoms with Crippen molar-refractivity contribution in [3.8, 4) is 22.6 Å². The van der Waals surface area contributed by atoms with Crippen LogP contribution in [0.15, 0.2) is 217 Å². The Balaban J connectivity index is 1.23. The number of hydrogen-bond acceptors (Lipinski definition) is 4. The lowest BCUT2D eigenvalue weighted by molar-refractivity contribution is 0.623. The molecule has 10 rings (SSSR count). The van der Waals surface area contributed by atoms with Gasteiger partial charge in [0.15, 0.2) is 5.58 Å². The maximum Gasteiger partial charge on any atom is 0.227 e. The Labute approximate surface area is 319 Å². The molecule has 0 aliphatic heterocycles. The number of fused-ring (bicyclic) bond motifs is 5. The Kier molecular flexibility index (Phi) is 8.12. The minimum Gasteiger partial charge on any atom is -0.435 e. The van der Waals surface area contributed by atoms with Crippen molar-refractivity contribution in [2.45, 2.75) is 0 Å². The predicted molar refractivity (Wildman–Crippen MR) is 229 cm³/mol. The second kappa shape index (κ2) is 13.8. The topological polar surface area (TPSA) is 32.5 Å². The molecule has 0 unspecified atom stereocenters. The lowest BCUT2D eigenvalue weighted by atomic mass is 9.99. The summed E-state index contributed by atoms with van der Waals surface area (Å²) in [5.41, 5.74) is 11.2. The van der Waals surface area contributed by atoms with E-state index in [1.165, 1.54) is 5.56 Å². The summed E-state index contributed by atoms with van der Waals surface area (Å²) in [6, 6.07) is 74.7. The Bertz CT molecular complexity index is 2890. The van der Waals surface area contributed by atoms with E-state index < -0.39 is 0 Å². The fraction of sp³-hybridized carbons (Fsp3) is 0. The van der Waals surface area contributed by atoms with Crippen LogP contribution >= 0.6 is 0 Å². The first-order chi connectivity index (χ1) is 27.3. The first-order valence-corrected chi connectivity index (χ1v) is 18.5. The average Bonchev–Trinajstić information content (AvgIpc) is 3.71. The van der Waals surface area contributed by atoms with E-state index in [0.717, 1.165) is 77.9 Å². The normalized spacial score (nSPS) is 11.3. The van der Waals surface area contributed by atoms with Crippen LogP contribution in [-0.2, 0) is 0 Å². The summed E-state index contributed by atoms with van der Waals surface area (Å²) < 4.78 is 6.63. The molecule has 4 nitrogen and oxygen atoms in total. The molecule has 0 aliphatic carbocycles. The van der Waals surface area contributed by atoms with Gasteiger partial charge in [-0.15, -0.1) is 0 Å². The molecule has 4 heteroatoms. The number of rotatable bonds is 8. The number of benzene rings is 9. The first-order valence-electron chi connectivity index (χ1n) is 18.5. The number of para-hydroxylation sites is 4. The standard InChI is InChI=1S/C51H35N3O/c1-5-16-36(17-6-1)40-20-15-25-43(34-40)54(48-27-14-13-26-47(48)53(41-21-9-3-10-22-41)42-23-11-4-12-24-42)44-32-30-37-28-29-38-31-33-46-50(49(38)45(37)35-44)55-51(52-46)39-18-7-2-8-19-39/h1-35H. The van der Waals surface area contributed by atoms with E-state index in [1.54, 1.807) is 0 Å². The third-order valence-electron chi connectivity index (χ3n) is 10.2. The fourth-order valence-corrected chi connectivity index (χ4v) is 7.66. The molecule has 0 fully saturated rings. The molecule has 0 N–H and O–H groups in total. The van der Waals surface area contributed by atoms with Crippen LogP contribution in [-0.4, -0.2) is 4.98 Å². The second-order valence-corrected chi connectivity index (χ2v) is 13.6. The number of anilines is 6. The highest BCUT2D eigenvalue weighted by Gasteiger charge is 2.23. The van der Waals surface area contributed by atoms with E-state index in [1.807, 2.05) is 30.3 Å². The van der Waals surface area contributed by atoms with Crippen molar-refractivity contribution >= 4 is 66.8 Å². The van der Waals surface area contributed by atoms with Crippen molar-refractivity contribution in [3.63, 3.8) is 0 Å². The molecule has 0 radical (unpaired) electrons. The smallest absolute Gasteiger partial charge is 0.227 e. The highest BCUT2D eigenvalue weighted by atomic mass is 16.3. The van der Waals surface area contributed by atoms with E-state index >= 15 is 0 Å². The minimum absolute atomic E-state index is 0.617. The largest absolute Gasteiger partial charge is 0.435 e. The van der Waals surface area contributed by atoms with Gasteiger partial charge >= 0.3 is 0 Å². The third kappa shape index (κ3) is 5.96. The van der Waals surface area contributed by atoms with Gasteiger partial charge in [-0.2, -0.15) is 0 Å². The Morgan fingerprint density at radius 1 is 0.364 bits per heavy atom.